The molecule has 2 atom stereocenters. The fraction of sp³-hybridized carbons (Fsp3) is 0.333. The molecule has 2 aromatic rings. The molecule has 0 spiro atoms. The van der Waals surface area contributed by atoms with E-state index in [4.69, 9.17) is 4.42 Å². The van der Waals surface area contributed by atoms with Crippen LogP contribution >= 0.6 is 15.9 Å². The molecule has 26 heavy (non-hydrogen) atoms. The lowest BCUT2D eigenvalue weighted by Crippen LogP contribution is -2.41. The summed E-state index contributed by atoms with van der Waals surface area (Å²) in [5.41, 5.74) is 1.01. The summed E-state index contributed by atoms with van der Waals surface area (Å²) in [6, 6.07) is 13.5. The molecule has 2 unspecified atom stereocenters. The molecule has 0 aliphatic heterocycles. The van der Waals surface area contributed by atoms with Gasteiger partial charge in [0.1, 0.15) is 23.2 Å². The molecule has 1 aromatic carbocycles. The number of hydrogen-bond acceptors (Lipinski definition) is 3. The predicted octanol–water partition coefficient (Wildman–Crippen LogP) is 5.31. The molecular weight excluding hydrogens is 392 g/mol. The maximum Gasteiger partial charge on any atom is 0.262 e. The first-order chi connectivity index (χ1) is 12.6. The minimum atomic E-state index is -0.326. The number of amides is 1. The molecule has 1 aromatic heterocycles. The zero-order valence-corrected chi connectivity index (χ0v) is 16.3. The van der Waals surface area contributed by atoms with Crippen LogP contribution in [0.1, 0.15) is 38.4 Å². The van der Waals surface area contributed by atoms with Crippen LogP contribution in [0.4, 0.5) is 0 Å². The highest BCUT2D eigenvalue weighted by molar-refractivity contribution is 9.10. The number of rotatable bonds is 4. The van der Waals surface area contributed by atoms with E-state index >= 15 is 0 Å². The lowest BCUT2D eigenvalue weighted by atomic mass is 9.86. The Labute approximate surface area is 162 Å². The van der Waals surface area contributed by atoms with Gasteiger partial charge >= 0.3 is 0 Å². The quantitative estimate of drug-likeness (QED) is 0.546. The number of benzene rings is 1. The van der Waals surface area contributed by atoms with Crippen LogP contribution in [0.5, 0.6) is 0 Å². The van der Waals surface area contributed by atoms with E-state index in [1.165, 1.54) is 12.5 Å². The summed E-state index contributed by atoms with van der Waals surface area (Å²) in [6.45, 7) is 2.15. The van der Waals surface area contributed by atoms with E-state index in [1.54, 1.807) is 6.07 Å². The van der Waals surface area contributed by atoms with Crippen molar-refractivity contribution in [1.82, 2.24) is 5.32 Å². The summed E-state index contributed by atoms with van der Waals surface area (Å²) in [5.74, 6) is 1.31. The molecule has 3 rings (SSSR count). The average Bonchev–Trinajstić information content (AvgIpc) is 3.10. The highest BCUT2D eigenvalue weighted by Gasteiger charge is 2.24. The van der Waals surface area contributed by atoms with Gasteiger partial charge in [-0.3, -0.25) is 4.79 Å². The molecule has 1 amide bonds. The largest absolute Gasteiger partial charge is 0.457 e. The van der Waals surface area contributed by atoms with Gasteiger partial charge in [0.05, 0.1) is 0 Å². The van der Waals surface area contributed by atoms with Crippen molar-refractivity contribution >= 4 is 27.9 Å². The molecule has 134 valence electrons. The summed E-state index contributed by atoms with van der Waals surface area (Å²) in [4.78, 5) is 12.5. The van der Waals surface area contributed by atoms with Crippen LogP contribution in [0.3, 0.4) is 0 Å². The van der Waals surface area contributed by atoms with E-state index in [1.807, 2.05) is 36.4 Å². The van der Waals surface area contributed by atoms with Gasteiger partial charge in [0, 0.05) is 22.2 Å². The van der Waals surface area contributed by atoms with Gasteiger partial charge in [-0.25, -0.2) is 0 Å². The van der Waals surface area contributed by atoms with Gasteiger partial charge < -0.3 is 9.73 Å². The van der Waals surface area contributed by atoms with Crippen molar-refractivity contribution in [2.24, 2.45) is 5.92 Å². The molecule has 1 saturated carbocycles. The minimum absolute atomic E-state index is 0.0690. The van der Waals surface area contributed by atoms with Crippen LogP contribution in [-0.4, -0.2) is 11.9 Å². The molecule has 4 nitrogen and oxygen atoms in total. The Balaban J connectivity index is 1.73. The van der Waals surface area contributed by atoms with Crippen LogP contribution in [0.2, 0.25) is 0 Å². The van der Waals surface area contributed by atoms with E-state index in [0.29, 0.717) is 17.4 Å². The van der Waals surface area contributed by atoms with Crippen molar-refractivity contribution in [2.75, 3.05) is 0 Å². The van der Waals surface area contributed by atoms with E-state index in [0.717, 1.165) is 29.3 Å². The van der Waals surface area contributed by atoms with Gasteiger partial charge in [-0.1, -0.05) is 47.8 Å². The highest BCUT2D eigenvalue weighted by Crippen LogP contribution is 2.26. The van der Waals surface area contributed by atoms with Crippen LogP contribution in [0.25, 0.3) is 17.4 Å². The van der Waals surface area contributed by atoms with Crippen molar-refractivity contribution in [2.45, 2.75) is 38.6 Å². The molecule has 1 aliphatic carbocycles. The predicted molar refractivity (Wildman–Crippen MR) is 105 cm³/mol. The van der Waals surface area contributed by atoms with Crippen molar-refractivity contribution in [3.63, 3.8) is 0 Å². The molecule has 0 bridgehead atoms. The summed E-state index contributed by atoms with van der Waals surface area (Å²) < 4.78 is 6.77. The first kappa shape index (κ1) is 18.5. The molecule has 0 saturated heterocycles. The Bertz CT molecular complexity index is 846. The van der Waals surface area contributed by atoms with Crippen LogP contribution in [0, 0.1) is 17.2 Å². The maximum atomic E-state index is 12.5. The summed E-state index contributed by atoms with van der Waals surface area (Å²) in [7, 11) is 0. The Morgan fingerprint density at radius 1 is 1.23 bits per heavy atom. The first-order valence-corrected chi connectivity index (χ1v) is 9.64. The van der Waals surface area contributed by atoms with Gasteiger partial charge in [0.25, 0.3) is 5.91 Å². The number of nitrogens with zero attached hydrogens (tertiary/aromatic N) is 1. The average molecular weight is 413 g/mol. The number of carbonyl (C=O) groups is 1. The van der Waals surface area contributed by atoms with Crippen LogP contribution in [-0.2, 0) is 4.79 Å². The lowest BCUT2D eigenvalue weighted by Gasteiger charge is -2.29. The van der Waals surface area contributed by atoms with Crippen molar-refractivity contribution in [1.29, 1.82) is 5.26 Å². The zero-order valence-electron chi connectivity index (χ0n) is 14.7. The van der Waals surface area contributed by atoms with Crippen LogP contribution < -0.4 is 5.32 Å². The van der Waals surface area contributed by atoms with Gasteiger partial charge in [0.2, 0.25) is 0 Å². The van der Waals surface area contributed by atoms with E-state index in [-0.39, 0.29) is 17.5 Å². The molecule has 5 heteroatoms. The number of nitriles is 1. The van der Waals surface area contributed by atoms with Gasteiger partial charge in [-0.15, -0.1) is 0 Å². The van der Waals surface area contributed by atoms with Crippen LogP contribution in [0.15, 0.2) is 50.9 Å². The lowest BCUT2D eigenvalue weighted by molar-refractivity contribution is -0.118. The maximum absolute atomic E-state index is 12.5. The third-order valence-corrected chi connectivity index (χ3v) is 5.36. The Kier molecular flexibility index (Phi) is 5.95. The standard InChI is InChI=1S/C21H21BrN2O2/c1-14-4-2-3-5-19(14)24-21(25)16(13-23)12-18-10-11-20(26-18)15-6-8-17(22)9-7-15/h6-12,14,19H,2-5H2,1H3,(H,24,25)/b16-12+. The van der Waals surface area contributed by atoms with Gasteiger partial charge in [0.15, 0.2) is 0 Å². The van der Waals surface area contributed by atoms with E-state index in [9.17, 15) is 10.1 Å². The number of hydrogen-bond donors (Lipinski definition) is 1. The summed E-state index contributed by atoms with van der Waals surface area (Å²) in [6.07, 6.45) is 5.92. The van der Waals surface area contributed by atoms with Gasteiger partial charge in [-0.05, 0) is 43.0 Å². The second-order valence-corrected chi connectivity index (χ2v) is 7.64. The minimum Gasteiger partial charge on any atom is -0.457 e. The number of halogens is 1. The molecule has 1 heterocycles. The monoisotopic (exact) mass is 412 g/mol. The van der Waals surface area contributed by atoms with Crippen molar-refractivity contribution < 1.29 is 9.21 Å². The Morgan fingerprint density at radius 3 is 2.65 bits per heavy atom. The van der Waals surface area contributed by atoms with Crippen molar-refractivity contribution in [3.8, 4) is 17.4 Å². The van der Waals surface area contributed by atoms with Crippen molar-refractivity contribution in [3.05, 3.63) is 52.2 Å². The number of furan rings is 1. The SMILES string of the molecule is CC1CCCCC1NC(=O)/C(C#N)=C/c1ccc(-c2ccc(Br)cc2)o1. The molecule has 0 radical (unpaired) electrons. The molecule has 1 fully saturated rings. The number of carbonyl (C=O) groups excluding carboxylic acids is 1. The number of nitrogens with one attached hydrogen (secondary N) is 1. The third-order valence-electron chi connectivity index (χ3n) is 4.84. The zero-order chi connectivity index (χ0) is 18.5. The second-order valence-electron chi connectivity index (χ2n) is 6.72. The Hall–Kier alpha value is -2.32. The molecule has 1 N–H and O–H groups in total. The molecular formula is C21H21BrN2O2. The molecule has 1 aliphatic rings. The summed E-state index contributed by atoms with van der Waals surface area (Å²) >= 11 is 3.41. The summed E-state index contributed by atoms with van der Waals surface area (Å²) in [5, 5.41) is 12.4. The Morgan fingerprint density at radius 2 is 1.96 bits per heavy atom. The van der Waals surface area contributed by atoms with Gasteiger partial charge in [-0.2, -0.15) is 5.26 Å². The topological polar surface area (TPSA) is 66.0 Å². The smallest absolute Gasteiger partial charge is 0.262 e. The first-order valence-electron chi connectivity index (χ1n) is 8.85. The third kappa shape index (κ3) is 4.44. The fourth-order valence-corrected chi connectivity index (χ4v) is 3.53. The normalized spacial score (nSPS) is 20.4. The van der Waals surface area contributed by atoms with E-state index in [2.05, 4.69) is 28.2 Å². The van der Waals surface area contributed by atoms with E-state index < -0.39 is 0 Å². The fourth-order valence-electron chi connectivity index (χ4n) is 3.27. The second kappa shape index (κ2) is 8.37. The highest BCUT2D eigenvalue weighted by atomic mass is 79.9.